The first-order valence-electron chi connectivity index (χ1n) is 9.61. The molecule has 0 saturated heterocycles. The molecule has 0 fully saturated rings. The summed E-state index contributed by atoms with van der Waals surface area (Å²) in [5.41, 5.74) is 2.18. The van der Waals surface area contributed by atoms with Gasteiger partial charge in [-0.1, -0.05) is 12.1 Å². The van der Waals surface area contributed by atoms with E-state index in [2.05, 4.69) is 10.3 Å². The van der Waals surface area contributed by atoms with E-state index in [1.807, 2.05) is 35.0 Å². The summed E-state index contributed by atoms with van der Waals surface area (Å²) >= 11 is 0. The number of amides is 1. The maximum atomic E-state index is 12.5. The van der Waals surface area contributed by atoms with E-state index in [-0.39, 0.29) is 13.1 Å². The molecule has 10 heteroatoms. The van der Waals surface area contributed by atoms with Crippen LogP contribution in [0.3, 0.4) is 0 Å². The highest BCUT2D eigenvalue weighted by molar-refractivity contribution is 7.92. The Hall–Kier alpha value is -3.53. The van der Waals surface area contributed by atoms with Gasteiger partial charge in [0.05, 0.1) is 18.3 Å². The van der Waals surface area contributed by atoms with E-state index in [0.29, 0.717) is 30.4 Å². The van der Waals surface area contributed by atoms with E-state index in [0.717, 1.165) is 21.8 Å². The van der Waals surface area contributed by atoms with E-state index >= 15 is 0 Å². The minimum Gasteiger partial charge on any atom is -0.486 e. The summed E-state index contributed by atoms with van der Waals surface area (Å²) in [6.07, 6.45) is 6.30. The van der Waals surface area contributed by atoms with Crippen LogP contribution in [0.25, 0.3) is 5.69 Å². The van der Waals surface area contributed by atoms with Crippen molar-refractivity contribution in [2.75, 3.05) is 30.3 Å². The number of aromatic nitrogens is 2. The Morgan fingerprint density at radius 2 is 1.87 bits per heavy atom. The van der Waals surface area contributed by atoms with Gasteiger partial charge in [-0.05, 0) is 29.8 Å². The minimum atomic E-state index is -3.69. The van der Waals surface area contributed by atoms with Crippen LogP contribution in [0.5, 0.6) is 11.5 Å². The number of imidazole rings is 1. The number of ether oxygens (including phenoxy) is 2. The van der Waals surface area contributed by atoms with E-state index in [1.54, 1.807) is 30.7 Å². The van der Waals surface area contributed by atoms with Crippen LogP contribution in [0.15, 0.2) is 61.2 Å². The number of fused-ring (bicyclic) bond motifs is 1. The predicted molar refractivity (Wildman–Crippen MR) is 115 cm³/mol. The first kappa shape index (κ1) is 20.7. The van der Waals surface area contributed by atoms with Crippen LogP contribution in [0, 0.1) is 0 Å². The second-order valence-electron chi connectivity index (χ2n) is 7.01. The summed E-state index contributed by atoms with van der Waals surface area (Å²) in [5, 5.41) is 2.77. The van der Waals surface area contributed by atoms with Crippen LogP contribution in [0.1, 0.15) is 5.56 Å². The molecule has 0 radical (unpaired) electrons. The molecular formula is C21H22N4O5S. The number of benzene rings is 2. The average Bonchev–Trinajstić information content (AvgIpc) is 3.30. The molecule has 0 unspecified atom stereocenters. The van der Waals surface area contributed by atoms with Crippen molar-refractivity contribution in [3.8, 4) is 17.2 Å². The predicted octanol–water partition coefficient (Wildman–Crippen LogP) is 1.73. The summed E-state index contributed by atoms with van der Waals surface area (Å²) in [6, 6.07) is 12.4. The molecule has 2 heterocycles. The SMILES string of the molecule is CS(=O)(=O)N(CC(=O)NCc1ccc(-n2ccnc2)cc1)c1ccc2c(c1)OCCO2. The van der Waals surface area contributed by atoms with Crippen LogP contribution in [0.4, 0.5) is 5.69 Å². The van der Waals surface area contributed by atoms with E-state index in [4.69, 9.17) is 9.47 Å². The zero-order valence-corrected chi connectivity index (χ0v) is 17.7. The number of hydrogen-bond acceptors (Lipinski definition) is 6. The lowest BCUT2D eigenvalue weighted by Crippen LogP contribution is -2.40. The van der Waals surface area contributed by atoms with Gasteiger partial charge in [0.25, 0.3) is 0 Å². The molecule has 3 aromatic rings. The van der Waals surface area contributed by atoms with Gasteiger partial charge in [-0.3, -0.25) is 9.10 Å². The van der Waals surface area contributed by atoms with Gasteiger partial charge >= 0.3 is 0 Å². The largest absolute Gasteiger partial charge is 0.486 e. The Balaban J connectivity index is 1.41. The Kier molecular flexibility index (Phi) is 5.81. The fraction of sp³-hybridized carbons (Fsp3) is 0.238. The molecule has 1 aliphatic rings. The van der Waals surface area contributed by atoms with Crippen molar-refractivity contribution in [3.63, 3.8) is 0 Å². The highest BCUT2D eigenvalue weighted by Crippen LogP contribution is 2.34. The molecule has 0 atom stereocenters. The smallest absolute Gasteiger partial charge is 0.241 e. The average molecular weight is 442 g/mol. The third-order valence-corrected chi connectivity index (χ3v) is 5.87. The van der Waals surface area contributed by atoms with Crippen LogP contribution in [-0.4, -0.2) is 49.9 Å². The normalized spacial score (nSPS) is 12.9. The Morgan fingerprint density at radius 3 is 2.55 bits per heavy atom. The second kappa shape index (κ2) is 8.68. The molecule has 0 saturated carbocycles. The van der Waals surface area contributed by atoms with Gasteiger partial charge in [0.15, 0.2) is 11.5 Å². The van der Waals surface area contributed by atoms with E-state index < -0.39 is 15.9 Å². The number of hydrogen-bond donors (Lipinski definition) is 1. The molecule has 4 rings (SSSR count). The van der Waals surface area contributed by atoms with Crippen molar-refractivity contribution < 1.29 is 22.7 Å². The molecule has 1 N–H and O–H groups in total. The lowest BCUT2D eigenvalue weighted by atomic mass is 10.2. The zero-order valence-electron chi connectivity index (χ0n) is 16.9. The van der Waals surface area contributed by atoms with Crippen LogP contribution >= 0.6 is 0 Å². The maximum absolute atomic E-state index is 12.5. The number of anilines is 1. The summed E-state index contributed by atoms with van der Waals surface area (Å²) in [5.74, 6) is 0.585. The fourth-order valence-corrected chi connectivity index (χ4v) is 4.02. The quantitative estimate of drug-likeness (QED) is 0.598. The van der Waals surface area contributed by atoms with Crippen molar-refractivity contribution in [1.29, 1.82) is 0 Å². The summed E-state index contributed by atoms with van der Waals surface area (Å²) in [7, 11) is -3.69. The number of rotatable bonds is 7. The van der Waals surface area contributed by atoms with Gasteiger partial charge in [-0.25, -0.2) is 13.4 Å². The van der Waals surface area contributed by atoms with Gasteiger partial charge in [-0.2, -0.15) is 0 Å². The van der Waals surface area contributed by atoms with Gasteiger partial charge in [-0.15, -0.1) is 0 Å². The Morgan fingerprint density at radius 1 is 1.13 bits per heavy atom. The monoisotopic (exact) mass is 442 g/mol. The van der Waals surface area contributed by atoms with Gasteiger partial charge < -0.3 is 19.4 Å². The highest BCUT2D eigenvalue weighted by Gasteiger charge is 2.23. The Bertz CT molecular complexity index is 1160. The van der Waals surface area contributed by atoms with Gasteiger partial charge in [0.2, 0.25) is 15.9 Å². The summed E-state index contributed by atoms with van der Waals surface area (Å²) in [6.45, 7) is 0.761. The standard InChI is InChI=1S/C21H22N4O5S/c1-31(27,28)25(18-6-7-19-20(12-18)30-11-10-29-19)14-21(26)23-13-16-2-4-17(5-3-16)24-9-8-22-15-24/h2-9,12,15H,10-11,13-14H2,1H3,(H,23,26). The molecule has 1 aromatic heterocycles. The lowest BCUT2D eigenvalue weighted by Gasteiger charge is -2.24. The molecule has 2 aromatic carbocycles. The number of carbonyl (C=O) groups excluding carboxylic acids is 1. The van der Waals surface area contributed by atoms with Crippen LogP contribution < -0.4 is 19.1 Å². The highest BCUT2D eigenvalue weighted by atomic mass is 32.2. The maximum Gasteiger partial charge on any atom is 0.241 e. The van der Waals surface area contributed by atoms with Crippen LogP contribution in [-0.2, 0) is 21.4 Å². The van der Waals surface area contributed by atoms with Crippen molar-refractivity contribution in [2.24, 2.45) is 0 Å². The minimum absolute atomic E-state index is 0.280. The molecule has 9 nitrogen and oxygen atoms in total. The zero-order chi connectivity index (χ0) is 21.8. The van der Waals surface area contributed by atoms with Crippen LogP contribution in [0.2, 0.25) is 0 Å². The molecule has 1 amide bonds. The first-order chi connectivity index (χ1) is 14.9. The molecular weight excluding hydrogens is 420 g/mol. The van der Waals surface area contributed by atoms with Gasteiger partial charge in [0, 0.05) is 30.7 Å². The van der Waals surface area contributed by atoms with Crippen molar-refractivity contribution in [3.05, 3.63) is 66.7 Å². The molecule has 1 aliphatic heterocycles. The van der Waals surface area contributed by atoms with Crippen molar-refractivity contribution >= 4 is 21.6 Å². The molecule has 31 heavy (non-hydrogen) atoms. The molecule has 162 valence electrons. The fourth-order valence-electron chi connectivity index (χ4n) is 3.17. The second-order valence-corrected chi connectivity index (χ2v) is 8.92. The summed E-state index contributed by atoms with van der Waals surface area (Å²) in [4.78, 5) is 16.5. The topological polar surface area (TPSA) is 103 Å². The first-order valence-corrected chi connectivity index (χ1v) is 11.5. The third kappa shape index (κ3) is 4.97. The Labute approximate surface area is 180 Å². The number of carbonyl (C=O) groups is 1. The number of nitrogens with one attached hydrogen (secondary N) is 1. The van der Waals surface area contributed by atoms with Crippen molar-refractivity contribution in [2.45, 2.75) is 6.54 Å². The number of sulfonamides is 1. The third-order valence-electron chi connectivity index (χ3n) is 4.73. The summed E-state index contributed by atoms with van der Waals surface area (Å²) < 4.78 is 38.6. The lowest BCUT2D eigenvalue weighted by molar-refractivity contribution is -0.119. The molecule has 0 spiro atoms. The molecule has 0 aliphatic carbocycles. The van der Waals surface area contributed by atoms with E-state index in [1.165, 1.54) is 0 Å². The van der Waals surface area contributed by atoms with E-state index in [9.17, 15) is 13.2 Å². The van der Waals surface area contributed by atoms with Gasteiger partial charge in [0.1, 0.15) is 19.8 Å². The number of nitrogens with zero attached hydrogens (tertiary/aromatic N) is 3. The molecule has 0 bridgehead atoms. The van der Waals surface area contributed by atoms with Crippen molar-refractivity contribution in [1.82, 2.24) is 14.9 Å².